The Morgan fingerprint density at radius 3 is 2.47 bits per heavy atom. The normalized spacial score (nSPS) is 47.0. The summed E-state index contributed by atoms with van der Waals surface area (Å²) in [5.41, 5.74) is 0. The van der Waals surface area contributed by atoms with E-state index in [0.717, 1.165) is 6.04 Å². The van der Waals surface area contributed by atoms with E-state index in [0.29, 0.717) is 11.8 Å². The van der Waals surface area contributed by atoms with Gasteiger partial charge in [-0.25, -0.2) is 0 Å². The van der Waals surface area contributed by atoms with Crippen LogP contribution in [-0.2, 0) is 0 Å². The highest BCUT2D eigenvalue weighted by Crippen LogP contribution is 2.42. The zero-order chi connectivity index (χ0) is 10.3. The standard InChI is InChI=1S/C13H23NO/c15-13-10-4-3-5-11(13)12(7-6-10)14-8-1-2-9-14/h10-13,15H,1-9H2/t10-,11-,12+,13-/m1/s1. The van der Waals surface area contributed by atoms with Crippen molar-refractivity contribution >= 4 is 0 Å². The Morgan fingerprint density at radius 2 is 1.67 bits per heavy atom. The van der Waals surface area contributed by atoms with Crippen LogP contribution < -0.4 is 0 Å². The maximum atomic E-state index is 10.3. The molecule has 3 aliphatic rings. The third-order valence-corrected chi connectivity index (χ3v) is 4.97. The Balaban J connectivity index is 1.73. The maximum absolute atomic E-state index is 10.3. The molecule has 0 aromatic rings. The predicted molar refractivity (Wildman–Crippen MR) is 60.7 cm³/mol. The molecule has 2 heteroatoms. The van der Waals surface area contributed by atoms with Gasteiger partial charge in [-0.1, -0.05) is 6.42 Å². The highest BCUT2D eigenvalue weighted by atomic mass is 16.3. The lowest BCUT2D eigenvalue weighted by Gasteiger charge is -2.47. The van der Waals surface area contributed by atoms with E-state index in [-0.39, 0.29) is 6.10 Å². The number of likely N-dealkylation sites (tertiary alicyclic amines) is 1. The molecule has 3 fully saturated rings. The van der Waals surface area contributed by atoms with Gasteiger partial charge in [0.25, 0.3) is 0 Å². The van der Waals surface area contributed by atoms with E-state index in [1.54, 1.807) is 0 Å². The van der Waals surface area contributed by atoms with E-state index in [2.05, 4.69) is 4.90 Å². The van der Waals surface area contributed by atoms with Gasteiger partial charge in [0, 0.05) is 12.0 Å². The second kappa shape index (κ2) is 4.06. The van der Waals surface area contributed by atoms with Crippen molar-refractivity contribution in [2.24, 2.45) is 11.8 Å². The van der Waals surface area contributed by atoms with Crippen molar-refractivity contribution in [3.05, 3.63) is 0 Å². The second-order valence-electron chi connectivity index (χ2n) is 5.73. The fourth-order valence-corrected chi connectivity index (χ4v) is 4.17. The third-order valence-electron chi connectivity index (χ3n) is 4.97. The molecular weight excluding hydrogens is 186 g/mol. The van der Waals surface area contributed by atoms with Crippen molar-refractivity contribution in [3.8, 4) is 0 Å². The lowest BCUT2D eigenvalue weighted by Crippen LogP contribution is -2.51. The van der Waals surface area contributed by atoms with E-state index in [9.17, 15) is 5.11 Å². The molecule has 0 radical (unpaired) electrons. The van der Waals surface area contributed by atoms with Crippen LogP contribution in [0.25, 0.3) is 0 Å². The Morgan fingerprint density at radius 1 is 0.867 bits per heavy atom. The lowest BCUT2D eigenvalue weighted by atomic mass is 9.67. The van der Waals surface area contributed by atoms with Crippen molar-refractivity contribution in [3.63, 3.8) is 0 Å². The van der Waals surface area contributed by atoms with E-state index in [1.165, 1.54) is 58.0 Å². The van der Waals surface area contributed by atoms with Gasteiger partial charge in [0.15, 0.2) is 0 Å². The zero-order valence-corrected chi connectivity index (χ0v) is 9.57. The summed E-state index contributed by atoms with van der Waals surface area (Å²) in [4.78, 5) is 2.66. The van der Waals surface area contributed by atoms with Gasteiger partial charge in [0.1, 0.15) is 0 Å². The molecule has 15 heavy (non-hydrogen) atoms. The molecule has 1 heterocycles. The number of aliphatic hydroxyl groups excluding tert-OH is 1. The van der Waals surface area contributed by atoms with Gasteiger partial charge in [-0.3, -0.25) is 0 Å². The zero-order valence-electron chi connectivity index (χ0n) is 9.57. The molecule has 0 amide bonds. The van der Waals surface area contributed by atoms with E-state index >= 15 is 0 Å². The van der Waals surface area contributed by atoms with Crippen LogP contribution in [0.15, 0.2) is 0 Å². The average Bonchev–Trinajstić information content (AvgIpc) is 2.70. The number of aliphatic hydroxyl groups is 1. The number of rotatable bonds is 1. The quantitative estimate of drug-likeness (QED) is 0.714. The van der Waals surface area contributed by atoms with E-state index < -0.39 is 0 Å². The maximum Gasteiger partial charge on any atom is 0.0611 e. The van der Waals surface area contributed by atoms with Gasteiger partial charge >= 0.3 is 0 Å². The Bertz CT molecular complexity index is 225. The van der Waals surface area contributed by atoms with Crippen LogP contribution in [0.4, 0.5) is 0 Å². The summed E-state index contributed by atoms with van der Waals surface area (Å²) < 4.78 is 0. The smallest absolute Gasteiger partial charge is 0.0611 e. The lowest BCUT2D eigenvalue weighted by molar-refractivity contribution is -0.0580. The van der Waals surface area contributed by atoms with Crippen molar-refractivity contribution in [2.45, 2.75) is 57.1 Å². The minimum Gasteiger partial charge on any atom is -0.392 e. The fourth-order valence-electron chi connectivity index (χ4n) is 4.17. The van der Waals surface area contributed by atoms with Crippen molar-refractivity contribution < 1.29 is 5.11 Å². The molecule has 1 aliphatic heterocycles. The molecular formula is C13H23NO. The van der Waals surface area contributed by atoms with Crippen LogP contribution in [-0.4, -0.2) is 35.2 Å². The first kappa shape index (κ1) is 10.1. The Labute approximate surface area is 92.7 Å². The van der Waals surface area contributed by atoms with Crippen LogP contribution in [0, 0.1) is 11.8 Å². The van der Waals surface area contributed by atoms with Crippen LogP contribution in [0.3, 0.4) is 0 Å². The molecule has 2 bridgehead atoms. The molecule has 1 N–H and O–H groups in total. The predicted octanol–water partition coefficient (Wildman–Crippen LogP) is 2.02. The molecule has 1 saturated heterocycles. The van der Waals surface area contributed by atoms with E-state index in [1.807, 2.05) is 0 Å². The summed E-state index contributed by atoms with van der Waals surface area (Å²) in [6.45, 7) is 2.58. The van der Waals surface area contributed by atoms with Crippen LogP contribution >= 0.6 is 0 Å². The molecule has 3 rings (SSSR count). The minimum absolute atomic E-state index is 0.0260. The first-order valence-corrected chi connectivity index (χ1v) is 6.78. The number of hydrogen-bond donors (Lipinski definition) is 1. The van der Waals surface area contributed by atoms with Gasteiger partial charge in [-0.05, 0) is 57.5 Å². The van der Waals surface area contributed by atoms with E-state index in [4.69, 9.17) is 0 Å². The summed E-state index contributed by atoms with van der Waals surface area (Å²) in [6.07, 6.45) is 9.33. The topological polar surface area (TPSA) is 23.5 Å². The van der Waals surface area contributed by atoms with Gasteiger partial charge in [-0.15, -0.1) is 0 Å². The van der Waals surface area contributed by atoms with Crippen LogP contribution in [0.5, 0.6) is 0 Å². The summed E-state index contributed by atoms with van der Waals surface area (Å²) in [5.74, 6) is 1.25. The number of fused-ring (bicyclic) bond motifs is 2. The summed E-state index contributed by atoms with van der Waals surface area (Å²) in [6, 6.07) is 0.721. The van der Waals surface area contributed by atoms with Crippen molar-refractivity contribution in [1.29, 1.82) is 0 Å². The first-order valence-electron chi connectivity index (χ1n) is 6.78. The Kier molecular flexibility index (Phi) is 2.73. The van der Waals surface area contributed by atoms with Gasteiger partial charge in [0.2, 0.25) is 0 Å². The molecule has 0 aromatic heterocycles. The minimum atomic E-state index is 0.0260. The molecule has 4 atom stereocenters. The Hall–Kier alpha value is -0.0800. The molecule has 0 aromatic carbocycles. The second-order valence-corrected chi connectivity index (χ2v) is 5.73. The summed E-state index contributed by atoms with van der Waals surface area (Å²) in [5, 5.41) is 10.3. The molecule has 86 valence electrons. The van der Waals surface area contributed by atoms with Crippen LogP contribution in [0.1, 0.15) is 44.9 Å². The monoisotopic (exact) mass is 209 g/mol. The van der Waals surface area contributed by atoms with Gasteiger partial charge < -0.3 is 10.0 Å². The number of nitrogens with zero attached hydrogens (tertiary/aromatic N) is 1. The molecule has 2 aliphatic carbocycles. The molecule has 2 saturated carbocycles. The van der Waals surface area contributed by atoms with Crippen molar-refractivity contribution in [2.75, 3.05) is 13.1 Å². The van der Waals surface area contributed by atoms with Gasteiger partial charge in [-0.2, -0.15) is 0 Å². The van der Waals surface area contributed by atoms with Crippen LogP contribution in [0.2, 0.25) is 0 Å². The molecule has 2 nitrogen and oxygen atoms in total. The fraction of sp³-hybridized carbons (Fsp3) is 1.00. The largest absolute Gasteiger partial charge is 0.392 e. The highest BCUT2D eigenvalue weighted by molar-refractivity contribution is 4.96. The highest BCUT2D eigenvalue weighted by Gasteiger charge is 2.43. The summed E-state index contributed by atoms with van der Waals surface area (Å²) >= 11 is 0. The first-order chi connectivity index (χ1) is 7.36. The van der Waals surface area contributed by atoms with Crippen molar-refractivity contribution in [1.82, 2.24) is 4.90 Å². The van der Waals surface area contributed by atoms with Gasteiger partial charge in [0.05, 0.1) is 6.10 Å². The third kappa shape index (κ3) is 1.72. The number of hydrogen-bond acceptors (Lipinski definition) is 2. The SMILES string of the molecule is O[C@@H]1[C@@H]2CCC[C@@H]1[C@@H](N1CCCC1)CC2. The molecule has 0 unspecified atom stereocenters. The summed E-state index contributed by atoms with van der Waals surface area (Å²) in [7, 11) is 0. The molecule has 0 spiro atoms. The average molecular weight is 209 g/mol.